The Morgan fingerprint density at radius 3 is 2.82 bits per heavy atom. The SMILES string of the molecule is O=C(NCCS)C1CCCN1C1CCOCC1. The first-order valence-electron chi connectivity index (χ1n) is 6.55. The summed E-state index contributed by atoms with van der Waals surface area (Å²) in [6.45, 7) is 3.40. The van der Waals surface area contributed by atoms with Gasteiger partial charge in [-0.1, -0.05) is 0 Å². The van der Waals surface area contributed by atoms with Crippen molar-refractivity contribution in [2.45, 2.75) is 37.8 Å². The predicted octanol–water partition coefficient (Wildman–Crippen LogP) is 0.676. The lowest BCUT2D eigenvalue weighted by Gasteiger charge is -2.34. The van der Waals surface area contributed by atoms with E-state index in [0.29, 0.717) is 18.3 Å². The summed E-state index contributed by atoms with van der Waals surface area (Å²) in [5, 5.41) is 2.96. The summed E-state index contributed by atoms with van der Waals surface area (Å²) in [6.07, 6.45) is 4.26. The van der Waals surface area contributed by atoms with Crippen LogP contribution >= 0.6 is 12.6 Å². The van der Waals surface area contributed by atoms with Crippen molar-refractivity contribution in [3.8, 4) is 0 Å². The van der Waals surface area contributed by atoms with Crippen molar-refractivity contribution in [3.05, 3.63) is 0 Å². The number of carbonyl (C=O) groups excluding carboxylic acids is 1. The quantitative estimate of drug-likeness (QED) is 0.729. The van der Waals surface area contributed by atoms with Crippen LogP contribution in [-0.2, 0) is 9.53 Å². The minimum atomic E-state index is 0.0815. The molecule has 2 saturated heterocycles. The van der Waals surface area contributed by atoms with Crippen LogP contribution < -0.4 is 5.32 Å². The zero-order valence-electron chi connectivity index (χ0n) is 10.2. The van der Waals surface area contributed by atoms with Gasteiger partial charge in [0.15, 0.2) is 0 Å². The third-order valence-electron chi connectivity index (χ3n) is 3.67. The first-order valence-corrected chi connectivity index (χ1v) is 7.18. The first-order chi connectivity index (χ1) is 8.33. The molecule has 0 spiro atoms. The highest BCUT2D eigenvalue weighted by atomic mass is 32.1. The molecule has 0 saturated carbocycles. The molecule has 1 atom stereocenters. The zero-order valence-corrected chi connectivity index (χ0v) is 11.1. The lowest BCUT2D eigenvalue weighted by atomic mass is 10.1. The smallest absolute Gasteiger partial charge is 0.237 e. The summed E-state index contributed by atoms with van der Waals surface area (Å²) >= 11 is 4.12. The average molecular weight is 258 g/mol. The number of rotatable bonds is 4. The lowest BCUT2D eigenvalue weighted by molar-refractivity contribution is -0.126. The van der Waals surface area contributed by atoms with Crippen molar-refractivity contribution >= 4 is 18.5 Å². The van der Waals surface area contributed by atoms with Crippen molar-refractivity contribution in [2.24, 2.45) is 0 Å². The second-order valence-corrected chi connectivity index (χ2v) is 5.20. The molecule has 4 nitrogen and oxygen atoms in total. The van der Waals surface area contributed by atoms with E-state index in [2.05, 4.69) is 22.8 Å². The van der Waals surface area contributed by atoms with E-state index in [1.54, 1.807) is 0 Å². The van der Waals surface area contributed by atoms with Gasteiger partial charge in [-0.3, -0.25) is 9.69 Å². The van der Waals surface area contributed by atoms with Crippen LogP contribution in [0.1, 0.15) is 25.7 Å². The van der Waals surface area contributed by atoms with E-state index in [4.69, 9.17) is 4.74 Å². The molecular formula is C12H22N2O2S. The van der Waals surface area contributed by atoms with Crippen molar-refractivity contribution in [1.82, 2.24) is 10.2 Å². The number of hydrogen-bond donors (Lipinski definition) is 2. The normalized spacial score (nSPS) is 27.2. The van der Waals surface area contributed by atoms with Crippen LogP contribution in [0.5, 0.6) is 0 Å². The first kappa shape index (κ1) is 13.2. The number of thiol groups is 1. The third kappa shape index (κ3) is 3.36. The van der Waals surface area contributed by atoms with Crippen LogP contribution in [0.2, 0.25) is 0 Å². The Bertz CT molecular complexity index is 257. The molecule has 2 heterocycles. The number of hydrogen-bond acceptors (Lipinski definition) is 4. The van der Waals surface area contributed by atoms with Crippen LogP contribution in [0, 0.1) is 0 Å². The Balaban J connectivity index is 1.89. The third-order valence-corrected chi connectivity index (χ3v) is 3.89. The van der Waals surface area contributed by atoms with Gasteiger partial charge in [-0.15, -0.1) is 0 Å². The second-order valence-electron chi connectivity index (χ2n) is 4.75. The summed E-state index contributed by atoms with van der Waals surface area (Å²) in [5.74, 6) is 0.887. The fourth-order valence-corrected chi connectivity index (χ4v) is 2.93. The minimum Gasteiger partial charge on any atom is -0.381 e. The monoisotopic (exact) mass is 258 g/mol. The Kier molecular flexibility index (Phi) is 5.13. The molecule has 0 aromatic rings. The molecule has 1 N–H and O–H groups in total. The highest BCUT2D eigenvalue weighted by Crippen LogP contribution is 2.25. The van der Waals surface area contributed by atoms with E-state index < -0.39 is 0 Å². The van der Waals surface area contributed by atoms with Gasteiger partial charge in [-0.2, -0.15) is 12.6 Å². The largest absolute Gasteiger partial charge is 0.381 e. The molecule has 0 aliphatic carbocycles. The average Bonchev–Trinajstić information content (AvgIpc) is 2.86. The molecule has 0 aromatic carbocycles. The minimum absolute atomic E-state index is 0.0815. The summed E-state index contributed by atoms with van der Waals surface area (Å²) < 4.78 is 5.38. The van der Waals surface area contributed by atoms with Gasteiger partial charge in [-0.05, 0) is 32.2 Å². The number of amides is 1. The molecule has 0 bridgehead atoms. The molecular weight excluding hydrogens is 236 g/mol. The van der Waals surface area contributed by atoms with Gasteiger partial charge in [0, 0.05) is 31.6 Å². The van der Waals surface area contributed by atoms with Crippen molar-refractivity contribution < 1.29 is 9.53 Å². The van der Waals surface area contributed by atoms with Crippen LogP contribution in [0.4, 0.5) is 0 Å². The van der Waals surface area contributed by atoms with Gasteiger partial charge in [0.05, 0.1) is 6.04 Å². The zero-order chi connectivity index (χ0) is 12.1. The van der Waals surface area contributed by atoms with E-state index in [9.17, 15) is 4.79 Å². The number of nitrogens with zero attached hydrogens (tertiary/aromatic N) is 1. The molecule has 98 valence electrons. The van der Waals surface area contributed by atoms with Gasteiger partial charge < -0.3 is 10.1 Å². The topological polar surface area (TPSA) is 41.6 Å². The summed E-state index contributed by atoms with van der Waals surface area (Å²) in [7, 11) is 0. The fraction of sp³-hybridized carbons (Fsp3) is 0.917. The number of likely N-dealkylation sites (tertiary alicyclic amines) is 1. The number of carbonyl (C=O) groups is 1. The predicted molar refractivity (Wildman–Crippen MR) is 70.4 cm³/mol. The van der Waals surface area contributed by atoms with Gasteiger partial charge in [0.2, 0.25) is 5.91 Å². The molecule has 1 unspecified atom stereocenters. The molecule has 2 aliphatic heterocycles. The van der Waals surface area contributed by atoms with Crippen LogP contribution in [0.15, 0.2) is 0 Å². The summed E-state index contributed by atoms with van der Waals surface area (Å²) in [4.78, 5) is 14.4. The van der Waals surface area contributed by atoms with Gasteiger partial charge in [-0.25, -0.2) is 0 Å². The van der Waals surface area contributed by atoms with E-state index in [0.717, 1.165) is 45.4 Å². The molecule has 5 heteroatoms. The number of nitrogens with one attached hydrogen (secondary N) is 1. The van der Waals surface area contributed by atoms with Crippen LogP contribution in [0.3, 0.4) is 0 Å². The molecule has 0 aromatic heterocycles. The van der Waals surface area contributed by atoms with Crippen LogP contribution in [0.25, 0.3) is 0 Å². The molecule has 2 rings (SSSR count). The van der Waals surface area contributed by atoms with E-state index in [1.807, 2.05) is 0 Å². The lowest BCUT2D eigenvalue weighted by Crippen LogP contribution is -2.49. The maximum atomic E-state index is 12.0. The standard InChI is InChI=1S/C12H22N2O2S/c15-12(13-5-9-17)11-2-1-6-14(11)10-3-7-16-8-4-10/h10-11,17H,1-9H2,(H,13,15). The molecule has 2 fully saturated rings. The van der Waals surface area contributed by atoms with Crippen molar-refractivity contribution in [2.75, 3.05) is 32.1 Å². The van der Waals surface area contributed by atoms with Gasteiger partial charge in [0.1, 0.15) is 0 Å². The summed E-state index contributed by atoms with van der Waals surface area (Å²) in [5.41, 5.74) is 0. The van der Waals surface area contributed by atoms with Crippen LogP contribution in [-0.4, -0.2) is 54.9 Å². The van der Waals surface area contributed by atoms with E-state index in [1.165, 1.54) is 0 Å². The molecule has 2 aliphatic rings. The van der Waals surface area contributed by atoms with Crippen molar-refractivity contribution in [3.63, 3.8) is 0 Å². The maximum Gasteiger partial charge on any atom is 0.237 e. The Morgan fingerprint density at radius 1 is 1.35 bits per heavy atom. The second kappa shape index (κ2) is 6.61. The van der Waals surface area contributed by atoms with Gasteiger partial charge in [0.25, 0.3) is 0 Å². The Morgan fingerprint density at radius 2 is 2.12 bits per heavy atom. The van der Waals surface area contributed by atoms with E-state index >= 15 is 0 Å². The Labute approximate surface area is 108 Å². The highest BCUT2D eigenvalue weighted by molar-refractivity contribution is 7.80. The van der Waals surface area contributed by atoms with Gasteiger partial charge >= 0.3 is 0 Å². The fourth-order valence-electron chi connectivity index (χ4n) is 2.82. The molecule has 0 radical (unpaired) electrons. The molecule has 1 amide bonds. The highest BCUT2D eigenvalue weighted by Gasteiger charge is 2.35. The summed E-state index contributed by atoms with van der Waals surface area (Å²) in [6, 6.07) is 0.621. The maximum absolute atomic E-state index is 12.0. The van der Waals surface area contributed by atoms with E-state index in [-0.39, 0.29) is 11.9 Å². The van der Waals surface area contributed by atoms with Crippen molar-refractivity contribution in [1.29, 1.82) is 0 Å². The molecule has 17 heavy (non-hydrogen) atoms. The Hall–Kier alpha value is -0.260. The number of ether oxygens (including phenoxy) is 1.